The molecule has 0 aromatic carbocycles. The summed E-state index contributed by atoms with van der Waals surface area (Å²) in [6, 6.07) is 0. The first-order valence-corrected chi connectivity index (χ1v) is 9.18. The summed E-state index contributed by atoms with van der Waals surface area (Å²) in [5.74, 6) is -4.06. The van der Waals surface area contributed by atoms with Crippen LogP contribution in [-0.2, 0) is 4.79 Å². The first-order valence-electron chi connectivity index (χ1n) is 9.18. The van der Waals surface area contributed by atoms with Crippen molar-refractivity contribution in [1.82, 2.24) is 0 Å². The minimum atomic E-state index is -3.00. The van der Waals surface area contributed by atoms with Gasteiger partial charge in [-0.25, -0.2) is 8.78 Å². The van der Waals surface area contributed by atoms with Gasteiger partial charge in [-0.2, -0.15) is 0 Å². The summed E-state index contributed by atoms with van der Waals surface area (Å²) < 4.78 is 26.8. The molecule has 0 aliphatic rings. The first-order chi connectivity index (χ1) is 11.9. The van der Waals surface area contributed by atoms with E-state index in [1.807, 2.05) is 0 Å². The second-order valence-electron chi connectivity index (χ2n) is 6.26. The van der Waals surface area contributed by atoms with E-state index in [2.05, 4.69) is 6.92 Å². The predicted molar refractivity (Wildman–Crippen MR) is 97.9 cm³/mol. The molecular weight excluding hydrogens is 326 g/mol. The normalized spacial score (nSPS) is 14.1. The SMILES string of the molecule is CCCCCCCC[C@H](O)/C=C/C=C/C=C\C(F)(F)CCCC(=O)O. The molecule has 0 heterocycles. The molecule has 0 unspecified atom stereocenters. The highest BCUT2D eigenvalue weighted by Gasteiger charge is 2.24. The summed E-state index contributed by atoms with van der Waals surface area (Å²) in [6.45, 7) is 2.18. The summed E-state index contributed by atoms with van der Waals surface area (Å²) in [7, 11) is 0. The second-order valence-corrected chi connectivity index (χ2v) is 6.26. The minimum Gasteiger partial charge on any atom is -0.481 e. The monoisotopic (exact) mass is 358 g/mol. The zero-order valence-electron chi connectivity index (χ0n) is 15.2. The summed E-state index contributed by atoms with van der Waals surface area (Å²) in [4.78, 5) is 10.3. The Balaban J connectivity index is 3.89. The van der Waals surface area contributed by atoms with Crippen molar-refractivity contribution in [1.29, 1.82) is 0 Å². The fourth-order valence-corrected chi connectivity index (χ4v) is 2.31. The smallest absolute Gasteiger partial charge is 0.303 e. The van der Waals surface area contributed by atoms with E-state index in [0.717, 1.165) is 18.9 Å². The van der Waals surface area contributed by atoms with Crippen molar-refractivity contribution < 1.29 is 23.8 Å². The Kier molecular flexibility index (Phi) is 13.9. The van der Waals surface area contributed by atoms with Gasteiger partial charge in [-0.05, 0) is 18.9 Å². The van der Waals surface area contributed by atoms with E-state index in [9.17, 15) is 18.7 Å². The third-order valence-corrected chi connectivity index (χ3v) is 3.76. The number of carboxylic acids is 1. The molecule has 0 aliphatic heterocycles. The van der Waals surface area contributed by atoms with E-state index in [0.29, 0.717) is 6.42 Å². The van der Waals surface area contributed by atoms with Crippen molar-refractivity contribution in [3.8, 4) is 0 Å². The molecule has 3 nitrogen and oxygen atoms in total. The molecule has 5 heteroatoms. The lowest BCUT2D eigenvalue weighted by Gasteiger charge is -2.09. The average molecular weight is 358 g/mol. The third kappa shape index (κ3) is 17.1. The van der Waals surface area contributed by atoms with Gasteiger partial charge in [0.15, 0.2) is 0 Å². The van der Waals surface area contributed by atoms with Crippen LogP contribution in [0.5, 0.6) is 0 Å². The van der Waals surface area contributed by atoms with Crippen LogP contribution in [0.15, 0.2) is 36.5 Å². The average Bonchev–Trinajstić information content (AvgIpc) is 2.53. The highest BCUT2D eigenvalue weighted by atomic mass is 19.3. The van der Waals surface area contributed by atoms with Gasteiger partial charge in [0.1, 0.15) is 0 Å². The summed E-state index contributed by atoms with van der Waals surface area (Å²) in [5.41, 5.74) is 0. The number of allylic oxidation sites excluding steroid dienone is 5. The van der Waals surface area contributed by atoms with E-state index in [1.165, 1.54) is 37.8 Å². The lowest BCUT2D eigenvalue weighted by molar-refractivity contribution is -0.137. The van der Waals surface area contributed by atoms with E-state index >= 15 is 0 Å². The van der Waals surface area contributed by atoms with Crippen LogP contribution >= 0.6 is 0 Å². The highest BCUT2D eigenvalue weighted by molar-refractivity contribution is 5.66. The molecule has 0 saturated heterocycles. The Morgan fingerprint density at radius 1 is 1.00 bits per heavy atom. The topological polar surface area (TPSA) is 57.5 Å². The zero-order valence-corrected chi connectivity index (χ0v) is 15.2. The Morgan fingerprint density at radius 2 is 1.64 bits per heavy atom. The largest absolute Gasteiger partial charge is 0.481 e. The maximum atomic E-state index is 13.4. The first kappa shape index (κ1) is 23.5. The van der Waals surface area contributed by atoms with Gasteiger partial charge in [0.25, 0.3) is 5.92 Å². The standard InChI is InChI=1S/C20H32F2O3/c1-2-3-4-5-6-9-13-18(23)14-10-7-8-11-16-20(21,22)17-12-15-19(24)25/h7-8,10-11,14,16,18,23H,2-6,9,12-13,15,17H2,1H3,(H,24,25)/b8-7+,14-10+,16-11-/t18-/m0/s1. The van der Waals surface area contributed by atoms with E-state index in [1.54, 1.807) is 18.2 Å². The molecule has 0 spiro atoms. The molecule has 0 radical (unpaired) electrons. The van der Waals surface area contributed by atoms with Crippen LogP contribution in [-0.4, -0.2) is 28.2 Å². The molecule has 0 aromatic rings. The van der Waals surface area contributed by atoms with Crippen molar-refractivity contribution in [2.45, 2.75) is 83.2 Å². The van der Waals surface area contributed by atoms with Crippen molar-refractivity contribution >= 4 is 5.97 Å². The van der Waals surface area contributed by atoms with Crippen LogP contribution in [0, 0.1) is 0 Å². The number of carbonyl (C=O) groups is 1. The van der Waals surface area contributed by atoms with Crippen molar-refractivity contribution in [2.75, 3.05) is 0 Å². The van der Waals surface area contributed by atoms with E-state index < -0.39 is 24.4 Å². The van der Waals surface area contributed by atoms with Gasteiger partial charge in [0, 0.05) is 12.8 Å². The molecule has 0 fully saturated rings. The van der Waals surface area contributed by atoms with Crippen molar-refractivity contribution in [2.24, 2.45) is 0 Å². The van der Waals surface area contributed by atoms with Gasteiger partial charge >= 0.3 is 5.97 Å². The molecular formula is C20H32F2O3. The summed E-state index contributed by atoms with van der Waals surface area (Å²) in [6.07, 6.45) is 14.9. The quantitative estimate of drug-likeness (QED) is 0.293. The van der Waals surface area contributed by atoms with Crippen LogP contribution in [0.3, 0.4) is 0 Å². The zero-order chi connectivity index (χ0) is 19.0. The van der Waals surface area contributed by atoms with E-state index in [4.69, 9.17) is 5.11 Å². The van der Waals surface area contributed by atoms with E-state index in [-0.39, 0.29) is 12.8 Å². The third-order valence-electron chi connectivity index (χ3n) is 3.76. The molecule has 1 atom stereocenters. The Hall–Kier alpha value is -1.49. The number of aliphatic carboxylic acids is 1. The fourth-order valence-electron chi connectivity index (χ4n) is 2.31. The van der Waals surface area contributed by atoms with Crippen LogP contribution in [0.25, 0.3) is 0 Å². The van der Waals surface area contributed by atoms with Gasteiger partial charge in [-0.3, -0.25) is 4.79 Å². The second kappa shape index (κ2) is 14.8. The number of unbranched alkanes of at least 4 members (excludes halogenated alkanes) is 5. The van der Waals surface area contributed by atoms with Gasteiger partial charge < -0.3 is 10.2 Å². The molecule has 0 aromatic heterocycles. The highest BCUT2D eigenvalue weighted by Crippen LogP contribution is 2.22. The molecule has 0 bridgehead atoms. The van der Waals surface area contributed by atoms with Crippen LogP contribution in [0.1, 0.15) is 71.1 Å². The van der Waals surface area contributed by atoms with Gasteiger partial charge in [-0.1, -0.05) is 75.8 Å². The maximum absolute atomic E-state index is 13.4. The maximum Gasteiger partial charge on any atom is 0.303 e. The lowest BCUT2D eigenvalue weighted by atomic mass is 10.1. The van der Waals surface area contributed by atoms with Crippen LogP contribution in [0.2, 0.25) is 0 Å². The van der Waals surface area contributed by atoms with Gasteiger partial charge in [0.05, 0.1) is 6.10 Å². The number of aliphatic hydroxyl groups excluding tert-OH is 1. The van der Waals surface area contributed by atoms with Gasteiger partial charge in [-0.15, -0.1) is 0 Å². The van der Waals surface area contributed by atoms with Crippen LogP contribution < -0.4 is 0 Å². The Labute approximate surface area is 150 Å². The molecule has 25 heavy (non-hydrogen) atoms. The molecule has 0 rings (SSSR count). The number of rotatable bonds is 15. The minimum absolute atomic E-state index is 0.0546. The number of halogens is 2. The number of carboxylic acid groups (broad SMARTS) is 1. The molecule has 144 valence electrons. The lowest BCUT2D eigenvalue weighted by Crippen LogP contribution is -2.12. The number of hydrogen-bond donors (Lipinski definition) is 2. The summed E-state index contributed by atoms with van der Waals surface area (Å²) in [5, 5.41) is 18.2. The Morgan fingerprint density at radius 3 is 2.32 bits per heavy atom. The predicted octanol–water partition coefficient (Wildman–Crippen LogP) is 5.66. The number of hydrogen-bond acceptors (Lipinski definition) is 2. The molecule has 2 N–H and O–H groups in total. The molecule has 0 amide bonds. The van der Waals surface area contributed by atoms with Gasteiger partial charge in [0.2, 0.25) is 0 Å². The molecule has 0 aliphatic carbocycles. The Bertz CT molecular complexity index is 429. The van der Waals surface area contributed by atoms with Crippen molar-refractivity contribution in [3.63, 3.8) is 0 Å². The van der Waals surface area contributed by atoms with Crippen molar-refractivity contribution in [3.05, 3.63) is 36.5 Å². The van der Waals surface area contributed by atoms with Crippen LogP contribution in [0.4, 0.5) is 8.78 Å². The summed E-state index contributed by atoms with van der Waals surface area (Å²) >= 11 is 0. The number of alkyl halides is 2. The molecule has 0 saturated carbocycles. The fraction of sp³-hybridized carbons (Fsp3) is 0.650. The number of aliphatic hydroxyl groups is 1.